The summed E-state index contributed by atoms with van der Waals surface area (Å²) in [6.45, 7) is 0.0159. The van der Waals surface area contributed by atoms with E-state index in [-0.39, 0.29) is 17.3 Å². The topological polar surface area (TPSA) is 93.2 Å². The van der Waals surface area contributed by atoms with Crippen LogP contribution >= 0.6 is 0 Å². The predicted molar refractivity (Wildman–Crippen MR) is 132 cm³/mol. The van der Waals surface area contributed by atoms with Crippen molar-refractivity contribution in [3.63, 3.8) is 0 Å². The lowest BCUT2D eigenvalue weighted by Gasteiger charge is -2.13. The van der Waals surface area contributed by atoms with Crippen molar-refractivity contribution in [2.45, 2.75) is 4.90 Å². The van der Waals surface area contributed by atoms with Gasteiger partial charge >= 0.3 is 0 Å². The first-order valence-electron chi connectivity index (χ1n) is 10.7. The number of ether oxygens (including phenoxy) is 5. The summed E-state index contributed by atoms with van der Waals surface area (Å²) in [6.07, 6.45) is 1.63. The summed E-state index contributed by atoms with van der Waals surface area (Å²) in [5.74, 6) is 3.17. The van der Waals surface area contributed by atoms with Crippen LogP contribution in [0.15, 0.2) is 77.8 Å². The molecule has 0 atom stereocenters. The zero-order valence-electron chi connectivity index (χ0n) is 19.6. The third-order valence-electron chi connectivity index (χ3n) is 5.28. The number of benzene rings is 3. The fraction of sp³-hybridized carbons (Fsp3) is 0.192. The predicted octanol–water partition coefficient (Wildman–Crippen LogP) is 4.91. The molecule has 0 aliphatic heterocycles. The number of aromatic nitrogens is 1. The molecule has 0 saturated carbocycles. The Morgan fingerprint density at radius 1 is 0.743 bits per heavy atom. The lowest BCUT2D eigenvalue weighted by Crippen LogP contribution is -2.14. The van der Waals surface area contributed by atoms with E-state index in [0.29, 0.717) is 40.0 Å². The van der Waals surface area contributed by atoms with Crippen molar-refractivity contribution in [1.82, 2.24) is 4.98 Å². The third kappa shape index (κ3) is 5.58. The average molecular weight is 496 g/mol. The van der Waals surface area contributed by atoms with Gasteiger partial charge in [0.05, 0.1) is 37.5 Å². The van der Waals surface area contributed by atoms with Gasteiger partial charge in [0.1, 0.15) is 29.6 Å². The second-order valence-corrected chi connectivity index (χ2v) is 9.56. The fourth-order valence-corrected chi connectivity index (χ4v) is 4.55. The van der Waals surface area contributed by atoms with Crippen molar-refractivity contribution in [2.75, 3.05) is 33.7 Å². The number of hydrogen-bond acceptors (Lipinski definition) is 8. The Kier molecular flexibility index (Phi) is 7.26. The van der Waals surface area contributed by atoms with Crippen LogP contribution < -0.4 is 23.7 Å². The molecule has 0 radical (unpaired) electrons. The molecular weight excluding hydrogens is 470 g/mol. The number of methoxy groups -OCH3 is 3. The van der Waals surface area contributed by atoms with Crippen molar-refractivity contribution < 1.29 is 32.1 Å². The van der Waals surface area contributed by atoms with E-state index in [0.717, 1.165) is 5.39 Å². The second kappa shape index (κ2) is 10.5. The Labute approximate surface area is 203 Å². The Bertz CT molecular complexity index is 1420. The fourth-order valence-electron chi connectivity index (χ4n) is 3.46. The molecule has 0 saturated heterocycles. The van der Waals surface area contributed by atoms with Gasteiger partial charge in [-0.05, 0) is 48.5 Å². The molecule has 0 spiro atoms. The highest BCUT2D eigenvalue weighted by Gasteiger charge is 2.16. The Hall–Kier alpha value is -3.98. The first-order chi connectivity index (χ1) is 16.9. The van der Waals surface area contributed by atoms with Gasteiger partial charge in [-0.25, -0.2) is 8.42 Å². The van der Waals surface area contributed by atoms with Gasteiger partial charge in [0.25, 0.3) is 0 Å². The molecule has 8 nitrogen and oxygen atoms in total. The van der Waals surface area contributed by atoms with Gasteiger partial charge in [0.15, 0.2) is 21.3 Å². The average Bonchev–Trinajstić information content (AvgIpc) is 2.88. The molecule has 9 heteroatoms. The summed E-state index contributed by atoms with van der Waals surface area (Å²) in [7, 11) is 1.14. The van der Waals surface area contributed by atoms with Gasteiger partial charge in [-0.1, -0.05) is 6.07 Å². The molecule has 0 N–H and O–H groups in total. The number of rotatable bonds is 10. The minimum absolute atomic E-state index is 0.0159. The summed E-state index contributed by atoms with van der Waals surface area (Å²) in [6, 6.07) is 18.6. The van der Waals surface area contributed by atoms with Crippen molar-refractivity contribution >= 4 is 20.7 Å². The highest BCUT2D eigenvalue weighted by Crippen LogP contribution is 2.37. The van der Waals surface area contributed by atoms with E-state index in [9.17, 15) is 8.42 Å². The minimum atomic E-state index is -3.54. The maximum absolute atomic E-state index is 12.7. The number of hydrogen-bond donors (Lipinski definition) is 0. The first kappa shape index (κ1) is 24.2. The number of sulfone groups is 1. The van der Waals surface area contributed by atoms with Crippen LogP contribution in [0.5, 0.6) is 34.5 Å². The normalized spacial score (nSPS) is 11.2. The molecule has 0 fully saturated rings. The molecule has 4 rings (SSSR count). The van der Waals surface area contributed by atoms with Gasteiger partial charge in [-0.15, -0.1) is 0 Å². The zero-order chi connectivity index (χ0) is 24.8. The highest BCUT2D eigenvalue weighted by atomic mass is 32.2. The van der Waals surface area contributed by atoms with Crippen LogP contribution in [-0.2, 0) is 9.84 Å². The molecule has 1 heterocycles. The summed E-state index contributed by atoms with van der Waals surface area (Å²) in [5.41, 5.74) is 0.676. The first-order valence-corrected chi connectivity index (χ1v) is 12.4. The molecule has 4 aromatic rings. The molecule has 1 aromatic heterocycles. The van der Waals surface area contributed by atoms with Crippen LogP contribution in [0.1, 0.15) is 0 Å². The second-order valence-electron chi connectivity index (χ2n) is 7.45. The van der Waals surface area contributed by atoms with Crippen LogP contribution in [0.3, 0.4) is 0 Å². The monoisotopic (exact) mass is 495 g/mol. The third-order valence-corrected chi connectivity index (χ3v) is 6.97. The van der Waals surface area contributed by atoms with Crippen molar-refractivity contribution in [3.05, 3.63) is 72.9 Å². The molecular formula is C26H25NO7S. The van der Waals surface area contributed by atoms with Crippen molar-refractivity contribution in [1.29, 1.82) is 0 Å². The quantitative estimate of drug-likeness (QED) is 0.307. The summed E-state index contributed by atoms with van der Waals surface area (Å²) >= 11 is 0. The van der Waals surface area contributed by atoms with Crippen LogP contribution in [0, 0.1) is 0 Å². The smallest absolute Gasteiger partial charge is 0.181 e. The van der Waals surface area contributed by atoms with Gasteiger partial charge in [-0.2, -0.15) is 0 Å². The molecule has 3 aromatic carbocycles. The molecule has 0 bridgehead atoms. The van der Waals surface area contributed by atoms with Crippen molar-refractivity contribution in [3.8, 4) is 34.5 Å². The molecule has 182 valence electrons. The van der Waals surface area contributed by atoms with E-state index in [1.165, 1.54) is 12.1 Å². The molecule has 0 aliphatic carbocycles. The van der Waals surface area contributed by atoms with Crippen LogP contribution in [0.25, 0.3) is 10.9 Å². The summed E-state index contributed by atoms with van der Waals surface area (Å²) in [4.78, 5) is 4.55. The van der Waals surface area contributed by atoms with Gasteiger partial charge in [0, 0.05) is 23.7 Å². The van der Waals surface area contributed by atoms with Gasteiger partial charge in [0.2, 0.25) is 0 Å². The van der Waals surface area contributed by atoms with Gasteiger partial charge in [-0.3, -0.25) is 4.98 Å². The van der Waals surface area contributed by atoms with Crippen LogP contribution in [0.4, 0.5) is 0 Å². The van der Waals surface area contributed by atoms with Crippen LogP contribution in [0.2, 0.25) is 0 Å². The maximum Gasteiger partial charge on any atom is 0.181 e. The minimum Gasteiger partial charge on any atom is -0.497 e. The molecule has 35 heavy (non-hydrogen) atoms. The molecule has 0 aliphatic rings. The molecule has 0 amide bonds. The number of pyridine rings is 1. The van der Waals surface area contributed by atoms with Gasteiger partial charge < -0.3 is 23.7 Å². The zero-order valence-corrected chi connectivity index (χ0v) is 20.4. The largest absolute Gasteiger partial charge is 0.497 e. The summed E-state index contributed by atoms with van der Waals surface area (Å²) < 4.78 is 52.9. The number of nitrogens with zero attached hydrogens (tertiary/aromatic N) is 1. The van der Waals surface area contributed by atoms with Crippen LogP contribution in [-0.4, -0.2) is 47.1 Å². The molecule has 0 unspecified atom stereocenters. The van der Waals surface area contributed by atoms with E-state index in [1.54, 1.807) is 82.1 Å². The van der Waals surface area contributed by atoms with E-state index in [1.807, 2.05) is 0 Å². The van der Waals surface area contributed by atoms with E-state index in [2.05, 4.69) is 4.98 Å². The standard InChI is InChI=1S/C26H25NO7S/c1-30-19-5-4-6-20(15-19)33-13-14-35(28,29)21-9-7-18(8-10-21)34-24-11-12-27-23-17-26(32-3)25(31-2)16-22(23)24/h4-12,15-17H,13-14H2,1-3H3. The lowest BCUT2D eigenvalue weighted by atomic mass is 10.2. The van der Waals surface area contributed by atoms with Crippen molar-refractivity contribution in [2.24, 2.45) is 0 Å². The highest BCUT2D eigenvalue weighted by molar-refractivity contribution is 7.91. The Morgan fingerprint density at radius 3 is 2.17 bits per heavy atom. The Balaban J connectivity index is 1.46. The summed E-state index contributed by atoms with van der Waals surface area (Å²) in [5, 5.41) is 0.733. The SMILES string of the molecule is COc1cccc(OCCS(=O)(=O)c2ccc(Oc3ccnc4cc(OC)c(OC)cc34)cc2)c1. The van der Waals surface area contributed by atoms with E-state index < -0.39 is 9.84 Å². The number of fused-ring (bicyclic) bond motifs is 1. The van der Waals surface area contributed by atoms with E-state index in [4.69, 9.17) is 23.7 Å². The lowest BCUT2D eigenvalue weighted by molar-refractivity contribution is 0.337. The Morgan fingerprint density at radius 2 is 1.46 bits per heavy atom. The maximum atomic E-state index is 12.7. The van der Waals surface area contributed by atoms with E-state index >= 15 is 0 Å².